The first kappa shape index (κ1) is 16.0. The largest absolute Gasteiger partial charge is 0.298 e. The van der Waals surface area contributed by atoms with E-state index < -0.39 is 10.7 Å². The molecule has 24 heavy (non-hydrogen) atoms. The number of nitro benzene ring substituents is 1. The molecule has 0 saturated carbocycles. The van der Waals surface area contributed by atoms with Crippen LogP contribution in [-0.2, 0) is 0 Å². The van der Waals surface area contributed by atoms with Crippen LogP contribution in [0, 0.1) is 15.9 Å². The first-order valence-electron chi connectivity index (χ1n) is 6.77. The second-order valence-corrected chi connectivity index (χ2v) is 5.56. The summed E-state index contributed by atoms with van der Waals surface area (Å²) < 4.78 is 15.4. The predicted molar refractivity (Wildman–Crippen MR) is 88.7 cm³/mol. The average molecular weight is 390 g/mol. The number of halogens is 2. The second kappa shape index (κ2) is 6.32. The van der Waals surface area contributed by atoms with Crippen LogP contribution < -0.4 is 0 Å². The van der Waals surface area contributed by atoms with Gasteiger partial charge in [-0.2, -0.15) is 5.10 Å². The normalized spacial score (nSPS) is 10.6. The molecule has 0 radical (unpaired) electrons. The van der Waals surface area contributed by atoms with Crippen LogP contribution in [0.3, 0.4) is 0 Å². The summed E-state index contributed by atoms with van der Waals surface area (Å²) >= 11 is 3.22. The van der Waals surface area contributed by atoms with E-state index in [-0.39, 0.29) is 32.8 Å². The molecule has 0 saturated heterocycles. The zero-order chi connectivity index (χ0) is 17.3. The molecule has 0 aliphatic heterocycles. The summed E-state index contributed by atoms with van der Waals surface area (Å²) in [5.74, 6) is -0.535. The third-order valence-electron chi connectivity index (χ3n) is 3.42. The van der Waals surface area contributed by atoms with Crippen molar-refractivity contribution in [2.75, 3.05) is 0 Å². The summed E-state index contributed by atoms with van der Waals surface area (Å²) in [5.41, 5.74) is 0.323. The number of hydrogen-bond donors (Lipinski definition) is 0. The molecule has 1 heterocycles. The Morgan fingerprint density at radius 3 is 2.50 bits per heavy atom. The third kappa shape index (κ3) is 2.61. The van der Waals surface area contributed by atoms with Crippen molar-refractivity contribution in [3.05, 3.63) is 74.6 Å². The van der Waals surface area contributed by atoms with E-state index in [1.807, 2.05) is 0 Å². The van der Waals surface area contributed by atoms with Crippen LogP contribution in [-0.4, -0.2) is 21.0 Å². The minimum Gasteiger partial charge on any atom is -0.298 e. The number of carbonyl (C=O) groups is 1. The number of rotatable bonds is 4. The average Bonchev–Trinajstić information content (AvgIpc) is 2.91. The summed E-state index contributed by atoms with van der Waals surface area (Å²) in [6.45, 7) is 0. The zero-order valence-electron chi connectivity index (χ0n) is 12.0. The minimum atomic E-state index is -0.556. The fourth-order valence-electron chi connectivity index (χ4n) is 2.33. The van der Waals surface area contributed by atoms with Gasteiger partial charge in [-0.05, 0) is 34.1 Å². The summed E-state index contributed by atoms with van der Waals surface area (Å²) in [7, 11) is 0. The molecule has 0 aliphatic carbocycles. The lowest BCUT2D eigenvalue weighted by Crippen LogP contribution is -2.00. The maximum absolute atomic E-state index is 14.0. The quantitative estimate of drug-likeness (QED) is 0.381. The Hall–Kier alpha value is -2.87. The minimum absolute atomic E-state index is 0.104. The fourth-order valence-corrected chi connectivity index (χ4v) is 2.88. The maximum Gasteiger partial charge on any atom is 0.278 e. The number of carbonyl (C=O) groups excluding carboxylic acids is 1. The first-order valence-corrected chi connectivity index (χ1v) is 7.56. The molecule has 0 amide bonds. The van der Waals surface area contributed by atoms with Crippen molar-refractivity contribution in [3.63, 3.8) is 0 Å². The lowest BCUT2D eigenvalue weighted by molar-refractivity contribution is -0.384. The van der Waals surface area contributed by atoms with Gasteiger partial charge in [0.05, 0.1) is 16.1 Å². The second-order valence-electron chi connectivity index (χ2n) is 4.81. The molecular formula is C16H9BrFN3O3. The Bertz CT molecular complexity index is 955. The highest BCUT2D eigenvalue weighted by Gasteiger charge is 2.24. The van der Waals surface area contributed by atoms with Crippen molar-refractivity contribution >= 4 is 27.9 Å². The van der Waals surface area contributed by atoms with Gasteiger partial charge in [0, 0.05) is 6.07 Å². The van der Waals surface area contributed by atoms with Crippen molar-refractivity contribution in [1.29, 1.82) is 0 Å². The Labute approximate surface area is 143 Å². The molecular weight excluding hydrogens is 381 g/mol. The molecule has 0 aliphatic rings. The van der Waals surface area contributed by atoms with Crippen LogP contribution in [0.5, 0.6) is 0 Å². The maximum atomic E-state index is 14.0. The molecule has 0 N–H and O–H groups in total. The number of nitrogens with zero attached hydrogens (tertiary/aromatic N) is 3. The first-order chi connectivity index (χ1) is 11.5. The zero-order valence-corrected chi connectivity index (χ0v) is 13.6. The Morgan fingerprint density at radius 2 is 1.83 bits per heavy atom. The number of benzene rings is 2. The monoisotopic (exact) mass is 389 g/mol. The van der Waals surface area contributed by atoms with Crippen molar-refractivity contribution in [3.8, 4) is 16.9 Å². The van der Waals surface area contributed by atoms with Gasteiger partial charge in [-0.15, -0.1) is 0 Å². The smallest absolute Gasteiger partial charge is 0.278 e. The number of nitro groups is 1. The molecule has 1 aromatic heterocycles. The van der Waals surface area contributed by atoms with E-state index in [9.17, 15) is 19.3 Å². The van der Waals surface area contributed by atoms with Crippen LogP contribution >= 0.6 is 15.9 Å². The van der Waals surface area contributed by atoms with E-state index in [1.165, 1.54) is 41.1 Å². The van der Waals surface area contributed by atoms with Gasteiger partial charge in [0.15, 0.2) is 6.29 Å². The van der Waals surface area contributed by atoms with E-state index in [4.69, 9.17) is 0 Å². The van der Waals surface area contributed by atoms with Gasteiger partial charge >= 0.3 is 0 Å². The molecule has 0 unspecified atom stereocenters. The van der Waals surface area contributed by atoms with Gasteiger partial charge in [-0.25, -0.2) is 9.07 Å². The van der Waals surface area contributed by atoms with Gasteiger partial charge in [0.1, 0.15) is 21.8 Å². The van der Waals surface area contributed by atoms with Crippen molar-refractivity contribution in [2.24, 2.45) is 0 Å². The molecule has 3 rings (SSSR count). The predicted octanol–water partition coefficient (Wildman–Crippen LogP) is 4.16. The van der Waals surface area contributed by atoms with Crippen LogP contribution in [0.2, 0.25) is 0 Å². The Balaban J connectivity index is 2.29. The van der Waals surface area contributed by atoms with E-state index in [0.29, 0.717) is 6.29 Å². The van der Waals surface area contributed by atoms with Gasteiger partial charge in [0.2, 0.25) is 0 Å². The van der Waals surface area contributed by atoms with Crippen LogP contribution in [0.4, 0.5) is 10.1 Å². The van der Waals surface area contributed by atoms with Crippen LogP contribution in [0.1, 0.15) is 10.4 Å². The molecule has 0 atom stereocenters. The highest BCUT2D eigenvalue weighted by Crippen LogP contribution is 2.35. The van der Waals surface area contributed by atoms with Gasteiger partial charge in [0.25, 0.3) is 5.69 Å². The summed E-state index contributed by atoms with van der Waals surface area (Å²) in [5, 5.41) is 15.4. The van der Waals surface area contributed by atoms with Crippen molar-refractivity contribution in [2.45, 2.75) is 0 Å². The molecule has 2 aromatic carbocycles. The topological polar surface area (TPSA) is 78.0 Å². The number of aldehydes is 1. The van der Waals surface area contributed by atoms with Crippen molar-refractivity contribution in [1.82, 2.24) is 9.78 Å². The Morgan fingerprint density at radius 1 is 1.17 bits per heavy atom. The van der Waals surface area contributed by atoms with E-state index in [2.05, 4.69) is 21.0 Å². The molecule has 3 aromatic rings. The highest BCUT2D eigenvalue weighted by atomic mass is 79.9. The number of aromatic nitrogens is 2. The molecule has 0 fully saturated rings. The number of hydrogen-bond acceptors (Lipinski definition) is 4. The van der Waals surface area contributed by atoms with Gasteiger partial charge < -0.3 is 0 Å². The van der Waals surface area contributed by atoms with Gasteiger partial charge in [-0.1, -0.05) is 24.3 Å². The molecule has 0 spiro atoms. The molecule has 8 heteroatoms. The van der Waals surface area contributed by atoms with E-state index in [1.54, 1.807) is 12.1 Å². The molecule has 0 bridgehead atoms. The fraction of sp³-hybridized carbons (Fsp3) is 0. The van der Waals surface area contributed by atoms with Crippen molar-refractivity contribution < 1.29 is 14.1 Å². The lowest BCUT2D eigenvalue weighted by Gasteiger charge is -2.04. The number of para-hydroxylation sites is 2. The Kier molecular flexibility index (Phi) is 4.22. The summed E-state index contributed by atoms with van der Waals surface area (Å²) in [4.78, 5) is 22.2. The summed E-state index contributed by atoms with van der Waals surface area (Å²) in [6.07, 6.45) is 0.528. The third-order valence-corrected chi connectivity index (χ3v) is 4.18. The standard InChI is InChI=1S/C16H9BrFN3O3/c17-16-11(9-22)15(10-5-1-3-7-13(10)21(23)24)19-20(16)14-8-4-2-6-12(14)18/h1-9H. The van der Waals surface area contributed by atoms with Crippen LogP contribution in [0.25, 0.3) is 16.9 Å². The van der Waals surface area contributed by atoms with E-state index >= 15 is 0 Å². The molecule has 120 valence electrons. The van der Waals surface area contributed by atoms with Gasteiger partial charge in [-0.3, -0.25) is 14.9 Å². The molecule has 6 nitrogen and oxygen atoms in total. The lowest BCUT2D eigenvalue weighted by atomic mass is 10.1. The SMILES string of the molecule is O=Cc1c(-c2ccccc2[N+](=O)[O-])nn(-c2ccccc2F)c1Br. The summed E-state index contributed by atoms with van der Waals surface area (Å²) in [6, 6.07) is 11.8. The highest BCUT2D eigenvalue weighted by molar-refractivity contribution is 9.10. The van der Waals surface area contributed by atoms with E-state index in [0.717, 1.165) is 0 Å². The van der Waals surface area contributed by atoms with Crippen LogP contribution in [0.15, 0.2) is 53.1 Å².